The van der Waals surface area contributed by atoms with Crippen molar-refractivity contribution in [1.29, 1.82) is 0 Å². The lowest BCUT2D eigenvalue weighted by atomic mass is 10.1. The maximum absolute atomic E-state index is 14.5. The summed E-state index contributed by atoms with van der Waals surface area (Å²) in [6.07, 6.45) is 3.23. The van der Waals surface area contributed by atoms with Crippen LogP contribution in [0.4, 0.5) is 10.1 Å². The second-order valence-corrected chi connectivity index (χ2v) is 11.1. The standard InChI is InChI=1S/C31H44FN3O2/c1-24(2)20-31(37)35-19-9-17-33(22-25(3)4)16-8-18-34(23-27-21-28(32)13-14-29(27)35)30(36)15-12-26-10-6-5-7-11-26/h5-7,10-11,13-14,21,24-25H,8-9,12,15-20,22-23H2,1-4H3. The largest absolute Gasteiger partial charge is 0.338 e. The molecule has 202 valence electrons. The first kappa shape index (κ1) is 28.8. The van der Waals surface area contributed by atoms with E-state index in [1.165, 1.54) is 12.1 Å². The molecule has 1 aliphatic heterocycles. The van der Waals surface area contributed by atoms with Crippen LogP contribution in [0.3, 0.4) is 0 Å². The molecule has 0 aliphatic carbocycles. The Morgan fingerprint density at radius 3 is 2.24 bits per heavy atom. The van der Waals surface area contributed by atoms with Crippen molar-refractivity contribution in [2.24, 2.45) is 11.8 Å². The second-order valence-electron chi connectivity index (χ2n) is 11.1. The lowest BCUT2D eigenvalue weighted by Gasteiger charge is -2.32. The quantitative estimate of drug-likeness (QED) is 0.466. The van der Waals surface area contributed by atoms with Gasteiger partial charge in [0.2, 0.25) is 11.8 Å². The van der Waals surface area contributed by atoms with Crippen molar-refractivity contribution in [2.75, 3.05) is 37.6 Å². The average molecular weight is 510 g/mol. The molecule has 6 heteroatoms. The van der Waals surface area contributed by atoms with Gasteiger partial charge in [0.1, 0.15) is 5.82 Å². The van der Waals surface area contributed by atoms with Crippen LogP contribution in [0.5, 0.6) is 0 Å². The molecule has 0 atom stereocenters. The summed E-state index contributed by atoms with van der Waals surface area (Å²) in [6, 6.07) is 14.7. The Kier molecular flexibility index (Phi) is 11.1. The molecule has 1 heterocycles. The Hall–Kier alpha value is -2.73. The molecule has 0 fully saturated rings. The van der Waals surface area contributed by atoms with Gasteiger partial charge in [-0.15, -0.1) is 0 Å². The van der Waals surface area contributed by atoms with Gasteiger partial charge in [-0.05, 0) is 73.5 Å². The molecule has 1 aliphatic rings. The highest BCUT2D eigenvalue weighted by Crippen LogP contribution is 2.26. The number of anilines is 1. The average Bonchev–Trinajstić information content (AvgIpc) is 2.84. The number of amides is 2. The van der Waals surface area contributed by atoms with Crippen LogP contribution in [0.25, 0.3) is 0 Å². The normalized spacial score (nSPS) is 15.9. The molecule has 5 nitrogen and oxygen atoms in total. The summed E-state index contributed by atoms with van der Waals surface area (Å²) in [7, 11) is 0. The van der Waals surface area contributed by atoms with E-state index in [4.69, 9.17) is 0 Å². The summed E-state index contributed by atoms with van der Waals surface area (Å²) < 4.78 is 14.5. The molecule has 0 radical (unpaired) electrons. The molecule has 0 saturated carbocycles. The molecule has 0 N–H and O–H groups in total. The van der Waals surface area contributed by atoms with E-state index in [2.05, 4.69) is 18.7 Å². The molecule has 0 spiro atoms. The number of carbonyl (C=O) groups excluding carboxylic acids is 2. The van der Waals surface area contributed by atoms with Crippen LogP contribution in [-0.2, 0) is 22.6 Å². The number of halogens is 1. The highest BCUT2D eigenvalue weighted by molar-refractivity contribution is 5.94. The third kappa shape index (κ3) is 9.26. The molecule has 2 aromatic rings. The van der Waals surface area contributed by atoms with E-state index < -0.39 is 0 Å². The number of aryl methyl sites for hydroxylation is 1. The van der Waals surface area contributed by atoms with Gasteiger partial charge in [-0.2, -0.15) is 0 Å². The lowest BCUT2D eigenvalue weighted by molar-refractivity contribution is -0.131. The van der Waals surface area contributed by atoms with Gasteiger partial charge >= 0.3 is 0 Å². The van der Waals surface area contributed by atoms with Crippen molar-refractivity contribution in [3.05, 3.63) is 65.5 Å². The van der Waals surface area contributed by atoms with E-state index in [-0.39, 0.29) is 23.5 Å². The van der Waals surface area contributed by atoms with Gasteiger partial charge in [-0.1, -0.05) is 58.0 Å². The number of rotatable bonds is 7. The first-order valence-corrected chi connectivity index (χ1v) is 13.9. The van der Waals surface area contributed by atoms with Gasteiger partial charge in [-0.3, -0.25) is 9.59 Å². The van der Waals surface area contributed by atoms with Crippen LogP contribution < -0.4 is 4.90 Å². The predicted octanol–water partition coefficient (Wildman–Crippen LogP) is 5.92. The minimum Gasteiger partial charge on any atom is -0.338 e. The maximum Gasteiger partial charge on any atom is 0.227 e. The Balaban J connectivity index is 1.90. The molecule has 2 aromatic carbocycles. The van der Waals surface area contributed by atoms with E-state index in [1.54, 1.807) is 6.07 Å². The topological polar surface area (TPSA) is 43.9 Å². The summed E-state index contributed by atoms with van der Waals surface area (Å²) in [5.74, 6) is 0.538. The van der Waals surface area contributed by atoms with E-state index in [1.807, 2.05) is 54.0 Å². The van der Waals surface area contributed by atoms with Gasteiger partial charge in [-0.25, -0.2) is 4.39 Å². The van der Waals surface area contributed by atoms with E-state index in [0.717, 1.165) is 43.7 Å². The molecular weight excluding hydrogens is 465 g/mol. The molecule has 37 heavy (non-hydrogen) atoms. The van der Waals surface area contributed by atoms with Gasteiger partial charge in [0.05, 0.1) is 0 Å². The smallest absolute Gasteiger partial charge is 0.227 e. The fraction of sp³-hybridized carbons (Fsp3) is 0.548. The third-order valence-corrected chi connectivity index (χ3v) is 6.78. The predicted molar refractivity (Wildman–Crippen MR) is 149 cm³/mol. The Bertz CT molecular complexity index is 1010. The van der Waals surface area contributed by atoms with Gasteiger partial charge in [0, 0.05) is 44.7 Å². The van der Waals surface area contributed by atoms with Crippen LogP contribution in [0.2, 0.25) is 0 Å². The fourth-order valence-electron chi connectivity index (χ4n) is 5.08. The molecule has 0 bridgehead atoms. The highest BCUT2D eigenvalue weighted by Gasteiger charge is 2.24. The molecule has 2 amide bonds. The number of nitrogens with zero attached hydrogens (tertiary/aromatic N) is 3. The molecule has 3 rings (SSSR count). The number of fused-ring (bicyclic) bond motifs is 1. The number of carbonyl (C=O) groups is 2. The number of benzene rings is 2. The number of hydrogen-bond acceptors (Lipinski definition) is 3. The zero-order chi connectivity index (χ0) is 26.8. The monoisotopic (exact) mass is 509 g/mol. The Labute approximate surface area is 222 Å². The van der Waals surface area contributed by atoms with E-state index in [0.29, 0.717) is 50.4 Å². The van der Waals surface area contributed by atoms with E-state index >= 15 is 0 Å². The maximum atomic E-state index is 14.5. The zero-order valence-electron chi connectivity index (χ0n) is 23.1. The first-order valence-electron chi connectivity index (χ1n) is 13.9. The van der Waals surface area contributed by atoms with Crippen LogP contribution in [0.15, 0.2) is 48.5 Å². The summed E-state index contributed by atoms with van der Waals surface area (Å²) >= 11 is 0. The zero-order valence-corrected chi connectivity index (χ0v) is 23.1. The SMILES string of the molecule is CC(C)CC(=O)N1CCCN(CC(C)C)CCCN(C(=O)CCc2ccccc2)Cc2cc(F)ccc21. The highest BCUT2D eigenvalue weighted by atomic mass is 19.1. The van der Waals surface area contributed by atoms with Gasteiger partial charge < -0.3 is 14.7 Å². The van der Waals surface area contributed by atoms with Gasteiger partial charge in [0.25, 0.3) is 0 Å². The minimum atomic E-state index is -0.345. The van der Waals surface area contributed by atoms with Crippen LogP contribution in [-0.4, -0.2) is 54.3 Å². The second kappa shape index (κ2) is 14.3. The molecular formula is C31H44FN3O2. The van der Waals surface area contributed by atoms with Gasteiger partial charge in [0.15, 0.2) is 0 Å². The minimum absolute atomic E-state index is 0.0530. The third-order valence-electron chi connectivity index (χ3n) is 6.78. The van der Waals surface area contributed by atoms with Crippen LogP contribution >= 0.6 is 0 Å². The van der Waals surface area contributed by atoms with Crippen molar-refractivity contribution in [3.63, 3.8) is 0 Å². The first-order chi connectivity index (χ1) is 17.7. The summed E-state index contributed by atoms with van der Waals surface area (Å²) in [5.41, 5.74) is 2.55. The van der Waals surface area contributed by atoms with Crippen molar-refractivity contribution < 1.29 is 14.0 Å². The van der Waals surface area contributed by atoms with E-state index in [9.17, 15) is 14.0 Å². The van der Waals surface area contributed by atoms with Crippen molar-refractivity contribution >= 4 is 17.5 Å². The fourth-order valence-corrected chi connectivity index (χ4v) is 5.08. The molecule has 0 aromatic heterocycles. The van der Waals surface area contributed by atoms with Crippen molar-refractivity contribution in [2.45, 2.75) is 66.3 Å². The summed E-state index contributed by atoms with van der Waals surface area (Å²) in [6.45, 7) is 12.8. The lowest BCUT2D eigenvalue weighted by Crippen LogP contribution is -2.40. The Morgan fingerprint density at radius 1 is 0.865 bits per heavy atom. The molecule has 0 saturated heterocycles. The molecule has 0 unspecified atom stereocenters. The summed E-state index contributed by atoms with van der Waals surface area (Å²) in [4.78, 5) is 32.9. The Morgan fingerprint density at radius 2 is 1.57 bits per heavy atom. The van der Waals surface area contributed by atoms with Crippen molar-refractivity contribution in [1.82, 2.24) is 9.80 Å². The van der Waals surface area contributed by atoms with Crippen molar-refractivity contribution in [3.8, 4) is 0 Å². The summed E-state index contributed by atoms with van der Waals surface area (Å²) in [5, 5.41) is 0. The number of hydrogen-bond donors (Lipinski definition) is 0. The van der Waals surface area contributed by atoms with Crippen LogP contribution in [0.1, 0.15) is 64.5 Å². The van der Waals surface area contributed by atoms with Crippen LogP contribution in [0, 0.1) is 17.7 Å².